The van der Waals surface area contributed by atoms with Gasteiger partial charge in [0.25, 0.3) is 0 Å². The fraction of sp³-hybridized carbons (Fsp3) is 0.528. The first kappa shape index (κ1) is 34.4. The molecule has 46 heavy (non-hydrogen) atoms. The van der Waals surface area contributed by atoms with E-state index in [1.54, 1.807) is 36.4 Å². The lowest BCUT2D eigenvalue weighted by Crippen LogP contribution is -2.38. The topological polar surface area (TPSA) is 101 Å². The highest BCUT2D eigenvalue weighted by Gasteiger charge is 2.39. The maximum absolute atomic E-state index is 13.7. The van der Waals surface area contributed by atoms with Crippen LogP contribution >= 0.6 is 0 Å². The summed E-state index contributed by atoms with van der Waals surface area (Å²) in [6, 6.07) is 13.2. The molecule has 2 saturated carbocycles. The Kier molecular flexibility index (Phi) is 11.4. The van der Waals surface area contributed by atoms with Crippen LogP contribution in [0, 0.1) is 37.5 Å². The molecule has 1 heterocycles. The Labute approximate surface area is 275 Å². The second-order valence-corrected chi connectivity index (χ2v) is 16.8. The maximum atomic E-state index is 13.7. The molecule has 0 radical (unpaired) electrons. The molecule has 2 aliphatic carbocycles. The highest BCUT2D eigenvalue weighted by atomic mass is 32.2. The first-order valence-electron chi connectivity index (χ1n) is 16.5. The van der Waals surface area contributed by atoms with E-state index >= 15 is 0 Å². The largest absolute Gasteiger partial charge is 0.455 e. The van der Waals surface area contributed by atoms with Crippen LogP contribution in [-0.2, 0) is 29.6 Å². The third-order valence-corrected chi connectivity index (χ3v) is 12.9. The van der Waals surface area contributed by atoms with Crippen molar-refractivity contribution in [3.05, 3.63) is 71.3 Å². The zero-order valence-corrected chi connectivity index (χ0v) is 28.6. The van der Waals surface area contributed by atoms with Crippen molar-refractivity contribution < 1.29 is 26.4 Å². The van der Waals surface area contributed by atoms with Gasteiger partial charge < -0.3 is 4.74 Å². The Bertz CT molecular complexity index is 1660. The van der Waals surface area contributed by atoms with Crippen LogP contribution in [0.4, 0.5) is 0 Å². The summed E-state index contributed by atoms with van der Waals surface area (Å²) in [6.45, 7) is 3.23. The Balaban J connectivity index is 1.37. The van der Waals surface area contributed by atoms with E-state index in [-0.39, 0.29) is 35.3 Å². The van der Waals surface area contributed by atoms with Crippen molar-refractivity contribution >= 4 is 26.0 Å². The van der Waals surface area contributed by atoms with Crippen molar-refractivity contribution in [1.82, 2.24) is 8.61 Å². The molecule has 1 saturated heterocycles. The van der Waals surface area contributed by atoms with E-state index in [0.29, 0.717) is 5.92 Å². The van der Waals surface area contributed by atoms with Gasteiger partial charge in [0.2, 0.25) is 20.0 Å². The average molecular weight is 667 g/mol. The van der Waals surface area contributed by atoms with Crippen molar-refractivity contribution in [1.29, 1.82) is 0 Å². The van der Waals surface area contributed by atoms with Crippen LogP contribution in [0.5, 0.6) is 0 Å². The molecule has 8 nitrogen and oxygen atoms in total. The van der Waals surface area contributed by atoms with Gasteiger partial charge in [-0.2, -0.15) is 8.61 Å². The molecular weight excluding hydrogens is 621 g/mol. The number of sulfonamides is 2. The van der Waals surface area contributed by atoms with Crippen molar-refractivity contribution in [2.75, 3.05) is 26.2 Å². The van der Waals surface area contributed by atoms with Gasteiger partial charge in [-0.05, 0) is 75.3 Å². The number of carbonyl (C=O) groups is 1. The van der Waals surface area contributed by atoms with Gasteiger partial charge >= 0.3 is 5.97 Å². The van der Waals surface area contributed by atoms with E-state index in [9.17, 15) is 21.6 Å². The molecule has 5 rings (SSSR count). The number of nitrogens with zero attached hydrogens (tertiary/aromatic N) is 2. The summed E-state index contributed by atoms with van der Waals surface area (Å²) in [5.41, 5.74) is 2.63. The van der Waals surface area contributed by atoms with Crippen molar-refractivity contribution in [2.24, 2.45) is 11.8 Å². The Morgan fingerprint density at radius 1 is 0.848 bits per heavy atom. The van der Waals surface area contributed by atoms with Gasteiger partial charge in [-0.25, -0.2) is 16.8 Å². The minimum Gasteiger partial charge on any atom is -0.455 e. The Morgan fingerprint density at radius 3 is 2.02 bits per heavy atom. The molecule has 0 spiro atoms. The van der Waals surface area contributed by atoms with Crippen molar-refractivity contribution in [2.45, 2.75) is 94.0 Å². The second kappa shape index (κ2) is 15.3. The van der Waals surface area contributed by atoms with Crippen LogP contribution in [0.2, 0.25) is 0 Å². The van der Waals surface area contributed by atoms with Gasteiger partial charge in [-0.1, -0.05) is 91.8 Å². The quantitative estimate of drug-likeness (QED) is 0.185. The van der Waals surface area contributed by atoms with Gasteiger partial charge in [0.05, 0.1) is 22.9 Å². The monoisotopic (exact) mass is 666 g/mol. The normalized spacial score (nSPS) is 21.3. The van der Waals surface area contributed by atoms with E-state index in [2.05, 4.69) is 17.9 Å². The zero-order valence-electron chi connectivity index (χ0n) is 27.0. The number of ether oxygens (including phenoxy) is 1. The molecule has 2 aromatic rings. The molecule has 1 unspecified atom stereocenters. The Hall–Kier alpha value is -2.97. The first-order valence-corrected chi connectivity index (χ1v) is 19.4. The molecule has 0 aromatic heterocycles. The van der Waals surface area contributed by atoms with Gasteiger partial charge in [0, 0.05) is 12.5 Å². The summed E-state index contributed by atoms with van der Waals surface area (Å²) in [5, 5.41) is 0. The molecule has 0 bridgehead atoms. The van der Waals surface area contributed by atoms with Crippen molar-refractivity contribution in [3.63, 3.8) is 0 Å². The molecule has 1 aliphatic heterocycles. The zero-order chi connectivity index (χ0) is 32.7. The van der Waals surface area contributed by atoms with E-state index in [4.69, 9.17) is 4.74 Å². The standard InChI is InChI=1S/C36H46N2O6S2/c1-28-15-19-33(20-16-28)45(40,41)37(23-9-14-30-10-5-3-6-11-30)27-36(39)44-35-26-38(25-32(35)24-31-12-7-4-8-13-31)46(42,43)34-21-17-29(2)18-22-34/h15-22,24,30-31,35H,3-8,10-13,23,25-27H2,1-2H3/b32-24-. The Morgan fingerprint density at radius 2 is 1.41 bits per heavy atom. The molecule has 0 amide bonds. The van der Waals surface area contributed by atoms with Crippen LogP contribution in [0.15, 0.2) is 70.0 Å². The molecule has 10 heteroatoms. The van der Waals surface area contributed by atoms with Crippen LogP contribution < -0.4 is 0 Å². The molecule has 3 fully saturated rings. The van der Waals surface area contributed by atoms with Gasteiger partial charge in [0.15, 0.2) is 0 Å². The lowest BCUT2D eigenvalue weighted by molar-refractivity contribution is -0.146. The second-order valence-electron chi connectivity index (χ2n) is 13.0. The fourth-order valence-electron chi connectivity index (χ4n) is 6.54. The molecule has 0 N–H and O–H groups in total. The number of benzene rings is 2. The van der Waals surface area contributed by atoms with Crippen LogP contribution in [-0.4, -0.2) is 63.7 Å². The summed E-state index contributed by atoms with van der Waals surface area (Å²) in [4.78, 5) is 13.8. The number of hydrogen-bond donors (Lipinski definition) is 0. The highest BCUT2D eigenvalue weighted by Crippen LogP contribution is 2.32. The van der Waals surface area contributed by atoms with Gasteiger partial charge in [0.1, 0.15) is 12.6 Å². The van der Waals surface area contributed by atoms with E-state index < -0.39 is 38.7 Å². The smallest absolute Gasteiger partial charge is 0.321 e. The number of carbonyl (C=O) groups excluding carboxylic acids is 1. The fourth-order valence-corrected chi connectivity index (χ4v) is 9.26. The number of hydrogen-bond acceptors (Lipinski definition) is 6. The average Bonchev–Trinajstić information content (AvgIpc) is 3.44. The van der Waals surface area contributed by atoms with Crippen LogP contribution in [0.25, 0.3) is 0 Å². The minimum atomic E-state index is -4.05. The third-order valence-electron chi connectivity index (χ3n) is 9.31. The summed E-state index contributed by atoms with van der Waals surface area (Å²) in [6.07, 6.45) is 12.1. The number of esters is 1. The molecular formula is C36H46N2O6S2. The molecule has 3 aliphatic rings. The number of rotatable bonds is 9. The van der Waals surface area contributed by atoms with E-state index in [1.807, 2.05) is 13.8 Å². The maximum Gasteiger partial charge on any atom is 0.321 e. The summed E-state index contributed by atoms with van der Waals surface area (Å²) in [5.74, 6) is 6.07. The first-order chi connectivity index (χ1) is 22.0. The molecule has 2 aromatic carbocycles. The van der Waals surface area contributed by atoms with E-state index in [1.165, 1.54) is 29.3 Å². The molecule has 1 atom stereocenters. The highest BCUT2D eigenvalue weighted by molar-refractivity contribution is 7.89. The van der Waals surface area contributed by atoms with Gasteiger partial charge in [-0.3, -0.25) is 4.79 Å². The summed E-state index contributed by atoms with van der Waals surface area (Å²) >= 11 is 0. The van der Waals surface area contributed by atoms with Gasteiger partial charge in [-0.15, -0.1) is 0 Å². The third kappa shape index (κ3) is 8.68. The number of allylic oxidation sites excluding steroid dienone is 1. The SMILES string of the molecule is Cc1ccc(S(=O)(=O)N(CC#CC2CCCCC2)CC(=O)OC2CN(S(=O)(=O)c3ccc(C)cc3)C/C2=C/C2CCCCC2)cc1. The predicted octanol–water partition coefficient (Wildman–Crippen LogP) is 6.00. The molecule has 248 valence electrons. The van der Waals surface area contributed by atoms with E-state index in [0.717, 1.165) is 72.4 Å². The predicted molar refractivity (Wildman–Crippen MR) is 179 cm³/mol. The van der Waals surface area contributed by atoms with Crippen molar-refractivity contribution in [3.8, 4) is 11.8 Å². The lowest BCUT2D eigenvalue weighted by atomic mass is 9.87. The minimum absolute atomic E-state index is 0.0211. The summed E-state index contributed by atoms with van der Waals surface area (Å²) in [7, 11) is -7.88. The van der Waals surface area contributed by atoms with Crippen LogP contribution in [0.1, 0.15) is 75.3 Å². The summed E-state index contributed by atoms with van der Waals surface area (Å²) < 4.78 is 63.1. The lowest BCUT2D eigenvalue weighted by Gasteiger charge is -2.22. The number of aryl methyl sites for hydroxylation is 2. The van der Waals surface area contributed by atoms with Crippen LogP contribution in [0.3, 0.4) is 0 Å².